The fourth-order valence-corrected chi connectivity index (χ4v) is 4.06. The Balaban J connectivity index is 1.44. The minimum atomic E-state index is -0.119. The summed E-state index contributed by atoms with van der Waals surface area (Å²) in [5.74, 6) is 0.0789. The van der Waals surface area contributed by atoms with Crippen molar-refractivity contribution in [1.29, 1.82) is 0 Å². The molecule has 0 aromatic heterocycles. The van der Waals surface area contributed by atoms with Gasteiger partial charge in [-0.25, -0.2) is 0 Å². The molecule has 0 atom stereocenters. The van der Waals surface area contributed by atoms with E-state index in [0.717, 1.165) is 42.9 Å². The normalized spacial score (nSPS) is 16.7. The molecule has 2 aromatic rings. The maximum atomic E-state index is 12.8. The Bertz CT molecular complexity index is 887. The van der Waals surface area contributed by atoms with Crippen molar-refractivity contribution in [2.75, 3.05) is 29.9 Å². The van der Waals surface area contributed by atoms with Gasteiger partial charge in [0, 0.05) is 49.5 Å². The van der Waals surface area contributed by atoms with E-state index in [1.54, 1.807) is 0 Å². The lowest BCUT2D eigenvalue weighted by atomic mass is 10.1. The van der Waals surface area contributed by atoms with Crippen LogP contribution in [0.4, 0.5) is 11.4 Å². The second kappa shape index (κ2) is 8.05. The molecule has 0 radical (unpaired) electrons. The average Bonchev–Trinajstić information content (AvgIpc) is 3.36. The third kappa shape index (κ3) is 4.03. The van der Waals surface area contributed by atoms with Gasteiger partial charge in [-0.2, -0.15) is 0 Å². The van der Waals surface area contributed by atoms with E-state index in [2.05, 4.69) is 22.3 Å². The smallest absolute Gasteiger partial charge is 0.255 e. The Morgan fingerprint density at radius 1 is 1.04 bits per heavy atom. The van der Waals surface area contributed by atoms with E-state index >= 15 is 0 Å². The summed E-state index contributed by atoms with van der Waals surface area (Å²) in [6.07, 6.45) is 4.05. The van der Waals surface area contributed by atoms with Gasteiger partial charge in [-0.1, -0.05) is 12.1 Å². The van der Waals surface area contributed by atoms with E-state index in [-0.39, 0.29) is 11.8 Å². The van der Waals surface area contributed by atoms with Crippen molar-refractivity contribution in [2.24, 2.45) is 0 Å². The lowest BCUT2D eigenvalue weighted by Gasteiger charge is -2.19. The first-order valence-electron chi connectivity index (χ1n) is 10.1. The van der Waals surface area contributed by atoms with Crippen molar-refractivity contribution in [3.63, 3.8) is 0 Å². The summed E-state index contributed by atoms with van der Waals surface area (Å²) in [5.41, 5.74) is 4.74. The van der Waals surface area contributed by atoms with Crippen LogP contribution < -0.4 is 10.2 Å². The van der Waals surface area contributed by atoms with Crippen LogP contribution in [0.3, 0.4) is 0 Å². The summed E-state index contributed by atoms with van der Waals surface area (Å²) in [6.45, 7) is 5.63. The third-order valence-electron chi connectivity index (χ3n) is 5.66. The molecule has 2 heterocycles. The second-order valence-corrected chi connectivity index (χ2v) is 7.77. The van der Waals surface area contributed by atoms with Crippen molar-refractivity contribution in [3.8, 4) is 0 Å². The lowest BCUT2D eigenvalue weighted by Crippen LogP contribution is -2.24. The van der Waals surface area contributed by atoms with Crippen LogP contribution in [0.15, 0.2) is 42.5 Å². The van der Waals surface area contributed by atoms with Gasteiger partial charge in [-0.05, 0) is 67.6 Å². The van der Waals surface area contributed by atoms with Crippen LogP contribution >= 0.6 is 0 Å². The Kier molecular flexibility index (Phi) is 5.33. The maximum absolute atomic E-state index is 12.8. The minimum Gasteiger partial charge on any atom is -0.372 e. The fourth-order valence-electron chi connectivity index (χ4n) is 4.06. The molecule has 2 aliphatic rings. The molecular formula is C23H27N3O2. The summed E-state index contributed by atoms with van der Waals surface area (Å²) in [5, 5.41) is 3.04. The molecule has 146 valence electrons. The molecule has 1 N–H and O–H groups in total. The molecule has 2 aromatic carbocycles. The molecule has 5 nitrogen and oxygen atoms in total. The number of nitrogens with one attached hydrogen (secondary N) is 1. The lowest BCUT2D eigenvalue weighted by molar-refractivity contribution is -0.128. The van der Waals surface area contributed by atoms with Gasteiger partial charge in [-0.15, -0.1) is 0 Å². The molecule has 0 spiro atoms. The molecule has 2 fully saturated rings. The van der Waals surface area contributed by atoms with Crippen LogP contribution in [-0.2, 0) is 11.3 Å². The molecule has 4 rings (SSSR count). The summed E-state index contributed by atoms with van der Waals surface area (Å²) in [7, 11) is 0. The van der Waals surface area contributed by atoms with Gasteiger partial charge in [0.15, 0.2) is 0 Å². The van der Waals surface area contributed by atoms with Crippen LogP contribution in [0.5, 0.6) is 0 Å². The van der Waals surface area contributed by atoms with Gasteiger partial charge in [0.2, 0.25) is 5.91 Å². The number of aryl methyl sites for hydroxylation is 1. The van der Waals surface area contributed by atoms with Crippen LogP contribution in [0, 0.1) is 6.92 Å². The third-order valence-corrected chi connectivity index (χ3v) is 5.66. The van der Waals surface area contributed by atoms with E-state index in [9.17, 15) is 9.59 Å². The van der Waals surface area contributed by atoms with Crippen molar-refractivity contribution in [1.82, 2.24) is 4.90 Å². The molecule has 5 heteroatoms. The summed E-state index contributed by atoms with van der Waals surface area (Å²) in [6, 6.07) is 13.8. The zero-order valence-electron chi connectivity index (χ0n) is 16.4. The molecule has 28 heavy (non-hydrogen) atoms. The monoisotopic (exact) mass is 377 g/mol. The van der Waals surface area contributed by atoms with Crippen LogP contribution in [0.25, 0.3) is 0 Å². The van der Waals surface area contributed by atoms with Gasteiger partial charge in [0.05, 0.1) is 0 Å². The molecule has 2 amide bonds. The molecular weight excluding hydrogens is 350 g/mol. The van der Waals surface area contributed by atoms with E-state index in [0.29, 0.717) is 18.5 Å². The largest absolute Gasteiger partial charge is 0.372 e. The standard InChI is InChI=1S/C23H27N3O2/c1-17-14-20(25-11-2-3-12-25)9-10-21(17)24-23(28)19-7-4-6-18(15-19)16-26-13-5-8-22(26)27/h4,6-7,9-10,14-15H,2-3,5,8,11-13,16H2,1H3,(H,24,28). The van der Waals surface area contributed by atoms with Crippen molar-refractivity contribution in [2.45, 2.75) is 39.2 Å². The number of likely N-dealkylation sites (tertiary alicyclic amines) is 1. The molecule has 0 aliphatic carbocycles. The fraction of sp³-hybridized carbons (Fsp3) is 0.391. The van der Waals surface area contributed by atoms with Gasteiger partial charge >= 0.3 is 0 Å². The summed E-state index contributed by atoms with van der Waals surface area (Å²) in [4.78, 5) is 28.9. The highest BCUT2D eigenvalue weighted by Gasteiger charge is 2.20. The highest BCUT2D eigenvalue weighted by Crippen LogP contribution is 2.26. The number of anilines is 2. The van der Waals surface area contributed by atoms with Gasteiger partial charge in [-0.3, -0.25) is 9.59 Å². The van der Waals surface area contributed by atoms with E-state index in [1.807, 2.05) is 42.2 Å². The number of carbonyl (C=O) groups is 2. The van der Waals surface area contributed by atoms with E-state index in [1.165, 1.54) is 18.5 Å². The van der Waals surface area contributed by atoms with Crippen molar-refractivity contribution >= 4 is 23.2 Å². The molecule has 0 saturated carbocycles. The van der Waals surface area contributed by atoms with Crippen LogP contribution in [0.2, 0.25) is 0 Å². The topological polar surface area (TPSA) is 52.7 Å². The SMILES string of the molecule is Cc1cc(N2CCCC2)ccc1NC(=O)c1cccc(CN2CCCC2=O)c1. The van der Waals surface area contributed by atoms with Crippen molar-refractivity contribution < 1.29 is 9.59 Å². The van der Waals surface area contributed by atoms with Crippen LogP contribution in [0.1, 0.15) is 47.2 Å². The Labute approximate surface area is 166 Å². The van der Waals surface area contributed by atoms with Gasteiger partial charge in [0.25, 0.3) is 5.91 Å². The first kappa shape index (κ1) is 18.5. The quantitative estimate of drug-likeness (QED) is 0.858. The first-order chi connectivity index (χ1) is 13.6. The highest BCUT2D eigenvalue weighted by molar-refractivity contribution is 6.04. The first-order valence-corrected chi connectivity index (χ1v) is 10.1. The van der Waals surface area contributed by atoms with Gasteiger partial charge in [0.1, 0.15) is 0 Å². The summed E-state index contributed by atoms with van der Waals surface area (Å²) < 4.78 is 0. The average molecular weight is 377 g/mol. The van der Waals surface area contributed by atoms with Crippen molar-refractivity contribution in [3.05, 3.63) is 59.2 Å². The van der Waals surface area contributed by atoms with E-state index in [4.69, 9.17) is 0 Å². The van der Waals surface area contributed by atoms with Gasteiger partial charge < -0.3 is 15.1 Å². The number of hydrogen-bond acceptors (Lipinski definition) is 3. The Hall–Kier alpha value is -2.82. The molecule has 0 bridgehead atoms. The summed E-state index contributed by atoms with van der Waals surface area (Å²) >= 11 is 0. The number of hydrogen-bond donors (Lipinski definition) is 1. The predicted octanol–water partition coefficient (Wildman–Crippen LogP) is 3.97. The maximum Gasteiger partial charge on any atom is 0.255 e. The number of rotatable bonds is 5. The molecule has 2 saturated heterocycles. The second-order valence-electron chi connectivity index (χ2n) is 7.77. The molecule has 2 aliphatic heterocycles. The zero-order valence-corrected chi connectivity index (χ0v) is 16.4. The number of benzene rings is 2. The number of amides is 2. The number of nitrogens with zero attached hydrogens (tertiary/aromatic N) is 2. The zero-order chi connectivity index (χ0) is 19.5. The Morgan fingerprint density at radius 2 is 1.86 bits per heavy atom. The molecule has 0 unspecified atom stereocenters. The Morgan fingerprint density at radius 3 is 2.57 bits per heavy atom. The van der Waals surface area contributed by atoms with E-state index < -0.39 is 0 Å². The number of carbonyl (C=O) groups excluding carboxylic acids is 2. The van der Waals surface area contributed by atoms with Crippen LogP contribution in [-0.4, -0.2) is 36.3 Å². The highest BCUT2D eigenvalue weighted by atomic mass is 16.2. The minimum absolute atomic E-state index is 0.119. The predicted molar refractivity (Wildman–Crippen MR) is 112 cm³/mol.